The average Bonchev–Trinajstić information content (AvgIpc) is 2.92. The molecule has 2 aromatic heterocycles. The quantitative estimate of drug-likeness (QED) is 0.408. The molecule has 2 aromatic rings. The Morgan fingerprint density at radius 2 is 2.27 bits per heavy atom. The second-order valence-corrected chi connectivity index (χ2v) is 6.29. The van der Waals surface area contributed by atoms with Crippen LogP contribution in [0.5, 0.6) is 5.88 Å². The van der Waals surface area contributed by atoms with E-state index in [9.17, 15) is 9.18 Å². The van der Waals surface area contributed by atoms with Gasteiger partial charge in [-0.05, 0) is 42.0 Å². The van der Waals surface area contributed by atoms with Gasteiger partial charge in [0, 0.05) is 11.1 Å². The van der Waals surface area contributed by atoms with E-state index in [1.807, 2.05) is 0 Å². The fraction of sp³-hybridized carbons (Fsp3) is 0.308. The fourth-order valence-corrected chi connectivity index (χ4v) is 3.53. The SMILES string of the molecule is CCOC(=O)c1cc(-c2c(F)cnc(OC)c2C)n(PI)n1. The maximum atomic E-state index is 14.3. The van der Waals surface area contributed by atoms with Crippen LogP contribution in [0.4, 0.5) is 4.39 Å². The Morgan fingerprint density at radius 1 is 1.55 bits per heavy atom. The van der Waals surface area contributed by atoms with Crippen molar-refractivity contribution in [3.8, 4) is 17.1 Å². The van der Waals surface area contributed by atoms with Crippen LogP contribution in [0.15, 0.2) is 12.3 Å². The molecule has 0 amide bonds. The molecule has 0 radical (unpaired) electrons. The van der Waals surface area contributed by atoms with E-state index in [2.05, 4.69) is 32.1 Å². The van der Waals surface area contributed by atoms with Crippen LogP contribution >= 0.6 is 28.4 Å². The highest BCUT2D eigenvalue weighted by Crippen LogP contribution is 2.36. The predicted octanol–water partition coefficient (Wildman–Crippen LogP) is 3.37. The van der Waals surface area contributed by atoms with Crippen LogP contribution in [0.2, 0.25) is 0 Å². The van der Waals surface area contributed by atoms with Crippen LogP contribution in [-0.2, 0) is 4.74 Å². The number of ether oxygens (including phenoxy) is 2. The summed E-state index contributed by atoms with van der Waals surface area (Å²) in [6, 6.07) is 1.52. The Balaban J connectivity index is 2.60. The molecule has 1 unspecified atom stereocenters. The summed E-state index contributed by atoms with van der Waals surface area (Å²) in [5.41, 5.74) is 1.51. The maximum Gasteiger partial charge on any atom is 0.358 e. The molecule has 6 nitrogen and oxygen atoms in total. The third-order valence-electron chi connectivity index (χ3n) is 2.95. The number of halogens is 2. The van der Waals surface area contributed by atoms with E-state index in [-0.39, 0.29) is 18.7 Å². The van der Waals surface area contributed by atoms with Gasteiger partial charge in [-0.2, -0.15) is 5.10 Å². The third-order valence-corrected chi connectivity index (χ3v) is 4.83. The first-order valence-corrected chi connectivity index (χ1v) is 10.4. The number of methoxy groups -OCH3 is 1. The van der Waals surface area contributed by atoms with E-state index < -0.39 is 11.8 Å². The normalized spacial score (nSPS) is 11.1. The molecule has 0 saturated heterocycles. The molecule has 1 atom stereocenters. The van der Waals surface area contributed by atoms with Crippen molar-refractivity contribution in [3.63, 3.8) is 0 Å². The van der Waals surface area contributed by atoms with Crippen LogP contribution in [0.1, 0.15) is 23.0 Å². The molecule has 0 spiro atoms. The number of aromatic nitrogens is 3. The van der Waals surface area contributed by atoms with Crippen molar-refractivity contribution in [3.05, 3.63) is 29.3 Å². The Kier molecular flexibility index (Phi) is 5.69. The number of nitrogens with zero attached hydrogens (tertiary/aromatic N) is 3. The van der Waals surface area contributed by atoms with Crippen molar-refractivity contribution in [2.45, 2.75) is 13.8 Å². The van der Waals surface area contributed by atoms with Crippen LogP contribution < -0.4 is 4.74 Å². The lowest BCUT2D eigenvalue weighted by atomic mass is 10.1. The molecule has 0 saturated carbocycles. The molecule has 0 bridgehead atoms. The predicted molar refractivity (Wildman–Crippen MR) is 90.4 cm³/mol. The minimum absolute atomic E-state index is 0.149. The zero-order valence-electron chi connectivity index (χ0n) is 12.2. The number of hydrogen-bond donors (Lipinski definition) is 0. The summed E-state index contributed by atoms with van der Waals surface area (Å²) in [5, 5.41) is 4.18. The summed E-state index contributed by atoms with van der Waals surface area (Å²) in [7, 11) is 1.47. The maximum absolute atomic E-state index is 14.3. The number of esters is 1. The smallest absolute Gasteiger partial charge is 0.358 e. The van der Waals surface area contributed by atoms with Crippen molar-refractivity contribution in [1.29, 1.82) is 0 Å². The molecule has 0 aliphatic rings. The molecule has 9 heteroatoms. The van der Waals surface area contributed by atoms with E-state index in [4.69, 9.17) is 9.47 Å². The van der Waals surface area contributed by atoms with Crippen molar-refractivity contribution in [2.75, 3.05) is 13.7 Å². The highest BCUT2D eigenvalue weighted by Gasteiger charge is 2.22. The van der Waals surface area contributed by atoms with Crippen LogP contribution in [0.3, 0.4) is 0 Å². The number of hydrogen-bond acceptors (Lipinski definition) is 5. The minimum atomic E-state index is -0.531. The first kappa shape index (κ1) is 17.1. The van der Waals surface area contributed by atoms with Gasteiger partial charge in [0.1, 0.15) is 0 Å². The molecule has 118 valence electrons. The number of rotatable bonds is 5. The van der Waals surface area contributed by atoms with Gasteiger partial charge in [-0.15, -0.1) is 0 Å². The van der Waals surface area contributed by atoms with E-state index in [0.717, 1.165) is 6.20 Å². The summed E-state index contributed by atoms with van der Waals surface area (Å²) in [5.74, 6) is -0.695. The van der Waals surface area contributed by atoms with Crippen LogP contribution in [0, 0.1) is 12.7 Å². The van der Waals surface area contributed by atoms with Crippen LogP contribution in [0.25, 0.3) is 11.3 Å². The van der Waals surface area contributed by atoms with Crippen LogP contribution in [-0.4, -0.2) is 34.2 Å². The van der Waals surface area contributed by atoms with Crippen molar-refractivity contribution in [2.24, 2.45) is 0 Å². The van der Waals surface area contributed by atoms with Gasteiger partial charge in [-0.1, -0.05) is 0 Å². The number of pyridine rings is 1. The number of carbonyl (C=O) groups is 1. The molecule has 22 heavy (non-hydrogen) atoms. The van der Waals surface area contributed by atoms with E-state index in [0.29, 0.717) is 22.7 Å². The van der Waals surface area contributed by atoms with E-state index in [1.54, 1.807) is 18.3 Å². The highest BCUT2D eigenvalue weighted by atomic mass is 127. The topological polar surface area (TPSA) is 66.2 Å². The van der Waals surface area contributed by atoms with Crippen molar-refractivity contribution < 1.29 is 18.7 Å². The minimum Gasteiger partial charge on any atom is -0.481 e. The summed E-state index contributed by atoms with van der Waals surface area (Å²) in [6.45, 7) is 3.68. The van der Waals surface area contributed by atoms with E-state index in [1.165, 1.54) is 13.2 Å². The fourth-order valence-electron chi connectivity index (χ4n) is 2.01. The molecule has 0 fully saturated rings. The highest BCUT2D eigenvalue weighted by molar-refractivity contribution is 14.2. The standard InChI is InChI=1S/C13H14FIN3O3P/c1-4-21-13(19)9-5-10(18(17-9)22-15)11-7(2)12(20-3)16-6-8(11)14/h5-6,22H,4H2,1-3H3. The molecule has 0 aromatic carbocycles. The number of carbonyl (C=O) groups excluding carboxylic acids is 1. The zero-order valence-corrected chi connectivity index (χ0v) is 15.3. The Labute approximate surface area is 141 Å². The molecule has 0 N–H and O–H groups in total. The Hall–Kier alpha value is -1.28. The largest absolute Gasteiger partial charge is 0.481 e. The zero-order chi connectivity index (χ0) is 16.3. The molecular formula is C13H14FIN3O3P. The lowest BCUT2D eigenvalue weighted by molar-refractivity contribution is 0.0519. The third kappa shape index (κ3) is 3.22. The van der Waals surface area contributed by atoms with Crippen molar-refractivity contribution >= 4 is 34.4 Å². The molecule has 0 aliphatic carbocycles. The van der Waals surface area contributed by atoms with E-state index >= 15 is 0 Å². The lowest BCUT2D eigenvalue weighted by Gasteiger charge is -2.11. The van der Waals surface area contributed by atoms with Gasteiger partial charge in [-0.3, -0.25) is 0 Å². The molecule has 2 heterocycles. The Bertz CT molecular complexity index is 708. The van der Waals surface area contributed by atoms with Gasteiger partial charge in [-0.25, -0.2) is 18.6 Å². The monoisotopic (exact) mass is 437 g/mol. The van der Waals surface area contributed by atoms with Gasteiger partial charge >= 0.3 is 5.97 Å². The average molecular weight is 437 g/mol. The second-order valence-electron chi connectivity index (χ2n) is 4.25. The molecular weight excluding hydrogens is 423 g/mol. The summed E-state index contributed by atoms with van der Waals surface area (Å²) < 4.78 is 25.9. The van der Waals surface area contributed by atoms with Gasteiger partial charge in [0.15, 0.2) is 11.5 Å². The summed E-state index contributed by atoms with van der Waals surface area (Å²) >= 11 is 2.11. The first-order valence-electron chi connectivity index (χ1n) is 6.36. The summed E-state index contributed by atoms with van der Waals surface area (Å²) in [4.78, 5) is 15.7. The van der Waals surface area contributed by atoms with Gasteiger partial charge in [0.05, 0.1) is 32.0 Å². The first-order chi connectivity index (χ1) is 10.5. The van der Waals surface area contributed by atoms with Crippen molar-refractivity contribution in [1.82, 2.24) is 14.5 Å². The van der Waals surface area contributed by atoms with Gasteiger partial charge in [0.2, 0.25) is 5.88 Å². The molecule has 2 rings (SSSR count). The summed E-state index contributed by atoms with van der Waals surface area (Å²) in [6.07, 6.45) is 1.30. The second kappa shape index (κ2) is 7.32. The van der Waals surface area contributed by atoms with Gasteiger partial charge < -0.3 is 9.47 Å². The Morgan fingerprint density at radius 3 is 2.86 bits per heavy atom. The lowest BCUT2D eigenvalue weighted by Crippen LogP contribution is -2.05. The molecule has 0 aliphatic heterocycles. The van der Waals surface area contributed by atoms with Gasteiger partial charge in [0.25, 0.3) is 0 Å².